The van der Waals surface area contributed by atoms with Gasteiger partial charge >= 0.3 is 0 Å². The topological polar surface area (TPSA) is 32.3 Å². The fourth-order valence-corrected chi connectivity index (χ4v) is 1.68. The van der Waals surface area contributed by atoms with Crippen LogP contribution in [0.1, 0.15) is 11.6 Å². The van der Waals surface area contributed by atoms with Gasteiger partial charge in [0.15, 0.2) is 0 Å². The Morgan fingerprint density at radius 1 is 1.31 bits per heavy atom. The van der Waals surface area contributed by atoms with Gasteiger partial charge in [0.05, 0.1) is 12.6 Å². The molecular weight excluding hydrogens is 209 g/mol. The van der Waals surface area contributed by atoms with Crippen molar-refractivity contribution in [3.8, 4) is 0 Å². The summed E-state index contributed by atoms with van der Waals surface area (Å²) in [5.41, 5.74) is 0.891. The zero-order chi connectivity index (χ0) is 9.84. The van der Waals surface area contributed by atoms with E-state index in [0.29, 0.717) is 10.0 Å². The molecule has 0 aliphatic rings. The number of nitrogens with one attached hydrogen (secondary N) is 1. The summed E-state index contributed by atoms with van der Waals surface area (Å²) in [6.45, 7) is 0.0210. The molecule has 0 aliphatic carbocycles. The standard InChI is InChI=1S/C9H11Cl2NO/c1-12-9(5-13)6-2-7(10)4-8(11)3-6/h2-4,9,12-13H,5H2,1H3/t9-/m0/s1. The van der Waals surface area contributed by atoms with Crippen molar-refractivity contribution < 1.29 is 5.11 Å². The van der Waals surface area contributed by atoms with Gasteiger partial charge in [-0.3, -0.25) is 0 Å². The summed E-state index contributed by atoms with van der Waals surface area (Å²) >= 11 is 11.6. The Labute approximate surface area is 87.5 Å². The van der Waals surface area contributed by atoms with E-state index in [4.69, 9.17) is 28.3 Å². The van der Waals surface area contributed by atoms with Crippen molar-refractivity contribution in [2.75, 3.05) is 13.7 Å². The van der Waals surface area contributed by atoms with Gasteiger partial charge in [0.1, 0.15) is 0 Å². The first-order valence-electron chi connectivity index (χ1n) is 3.91. The first-order valence-corrected chi connectivity index (χ1v) is 4.67. The van der Waals surface area contributed by atoms with E-state index in [-0.39, 0.29) is 12.6 Å². The van der Waals surface area contributed by atoms with E-state index < -0.39 is 0 Å². The Morgan fingerprint density at radius 2 is 1.85 bits per heavy atom. The van der Waals surface area contributed by atoms with E-state index >= 15 is 0 Å². The first kappa shape index (κ1) is 10.8. The van der Waals surface area contributed by atoms with Crippen LogP contribution in [0.2, 0.25) is 10.0 Å². The van der Waals surface area contributed by atoms with Gasteiger partial charge in [0.25, 0.3) is 0 Å². The SMILES string of the molecule is CN[C@@H](CO)c1cc(Cl)cc(Cl)c1. The van der Waals surface area contributed by atoms with E-state index in [1.165, 1.54) is 0 Å². The molecule has 1 aromatic rings. The smallest absolute Gasteiger partial charge is 0.0626 e. The summed E-state index contributed by atoms with van der Waals surface area (Å²) in [6.07, 6.45) is 0. The molecule has 72 valence electrons. The molecule has 0 radical (unpaired) electrons. The van der Waals surface area contributed by atoms with Gasteiger partial charge in [-0.25, -0.2) is 0 Å². The van der Waals surface area contributed by atoms with Crippen LogP contribution in [0.3, 0.4) is 0 Å². The third kappa shape index (κ3) is 2.85. The second kappa shape index (κ2) is 4.82. The summed E-state index contributed by atoms with van der Waals surface area (Å²) in [4.78, 5) is 0. The van der Waals surface area contributed by atoms with Crippen LogP contribution < -0.4 is 5.32 Å². The number of aliphatic hydroxyl groups excluding tert-OH is 1. The number of aliphatic hydroxyl groups is 1. The van der Waals surface area contributed by atoms with Gasteiger partial charge in [-0.15, -0.1) is 0 Å². The fraction of sp³-hybridized carbons (Fsp3) is 0.333. The molecule has 2 N–H and O–H groups in total. The average molecular weight is 220 g/mol. The average Bonchev–Trinajstić information content (AvgIpc) is 2.04. The first-order chi connectivity index (χ1) is 6.17. The molecule has 13 heavy (non-hydrogen) atoms. The molecule has 2 nitrogen and oxygen atoms in total. The lowest BCUT2D eigenvalue weighted by Gasteiger charge is -2.13. The Balaban J connectivity index is 2.99. The fourth-order valence-electron chi connectivity index (χ4n) is 1.14. The molecular formula is C9H11Cl2NO. The zero-order valence-corrected chi connectivity index (χ0v) is 8.73. The van der Waals surface area contributed by atoms with E-state index in [2.05, 4.69) is 5.32 Å². The van der Waals surface area contributed by atoms with Crippen LogP contribution in [0.4, 0.5) is 0 Å². The third-order valence-corrected chi connectivity index (χ3v) is 2.25. The number of hydrogen-bond donors (Lipinski definition) is 2. The van der Waals surface area contributed by atoms with Crippen LogP contribution >= 0.6 is 23.2 Å². The molecule has 0 aromatic heterocycles. The molecule has 1 rings (SSSR count). The molecule has 0 bridgehead atoms. The molecule has 0 saturated heterocycles. The van der Waals surface area contributed by atoms with Crippen LogP contribution in [-0.2, 0) is 0 Å². The molecule has 1 atom stereocenters. The highest BCUT2D eigenvalue weighted by Gasteiger charge is 2.08. The van der Waals surface area contributed by atoms with Crippen LogP contribution in [0, 0.1) is 0 Å². The lowest BCUT2D eigenvalue weighted by molar-refractivity contribution is 0.251. The van der Waals surface area contributed by atoms with Gasteiger partial charge in [-0.05, 0) is 30.8 Å². The largest absolute Gasteiger partial charge is 0.394 e. The molecule has 0 aliphatic heterocycles. The summed E-state index contributed by atoms with van der Waals surface area (Å²) in [5.74, 6) is 0. The Hall–Kier alpha value is -0.280. The molecule has 0 saturated carbocycles. The van der Waals surface area contributed by atoms with Gasteiger partial charge < -0.3 is 10.4 Å². The summed E-state index contributed by atoms with van der Waals surface area (Å²) in [5, 5.41) is 13.1. The van der Waals surface area contributed by atoms with Crippen molar-refractivity contribution >= 4 is 23.2 Å². The zero-order valence-electron chi connectivity index (χ0n) is 7.22. The summed E-state index contributed by atoms with van der Waals surface area (Å²) in [7, 11) is 1.77. The molecule has 4 heteroatoms. The van der Waals surface area contributed by atoms with Crippen molar-refractivity contribution in [2.45, 2.75) is 6.04 Å². The normalized spacial score (nSPS) is 12.9. The number of halogens is 2. The number of likely N-dealkylation sites (N-methyl/N-ethyl adjacent to an activating group) is 1. The van der Waals surface area contributed by atoms with Gasteiger partial charge in [0.2, 0.25) is 0 Å². The number of hydrogen-bond acceptors (Lipinski definition) is 2. The summed E-state index contributed by atoms with van der Waals surface area (Å²) < 4.78 is 0. The monoisotopic (exact) mass is 219 g/mol. The Kier molecular flexibility index (Phi) is 4.00. The van der Waals surface area contributed by atoms with Gasteiger partial charge in [0, 0.05) is 10.0 Å². The second-order valence-corrected chi connectivity index (χ2v) is 3.60. The van der Waals surface area contributed by atoms with Crippen molar-refractivity contribution in [3.05, 3.63) is 33.8 Å². The van der Waals surface area contributed by atoms with Crippen molar-refractivity contribution in [1.82, 2.24) is 5.32 Å². The quantitative estimate of drug-likeness (QED) is 0.818. The highest BCUT2D eigenvalue weighted by molar-refractivity contribution is 6.34. The minimum Gasteiger partial charge on any atom is -0.394 e. The maximum atomic E-state index is 9.01. The maximum absolute atomic E-state index is 9.01. The van der Waals surface area contributed by atoms with E-state index in [1.807, 2.05) is 0 Å². The van der Waals surface area contributed by atoms with Crippen LogP contribution in [0.25, 0.3) is 0 Å². The Morgan fingerprint density at radius 3 is 2.23 bits per heavy atom. The summed E-state index contributed by atoms with van der Waals surface area (Å²) in [6, 6.07) is 5.11. The highest BCUT2D eigenvalue weighted by Crippen LogP contribution is 2.23. The number of rotatable bonds is 3. The van der Waals surface area contributed by atoms with E-state index in [9.17, 15) is 0 Å². The molecule has 0 spiro atoms. The third-order valence-electron chi connectivity index (χ3n) is 1.82. The molecule has 0 heterocycles. The lowest BCUT2D eigenvalue weighted by Crippen LogP contribution is -2.19. The highest BCUT2D eigenvalue weighted by atomic mass is 35.5. The number of benzene rings is 1. The van der Waals surface area contributed by atoms with Crippen LogP contribution in [-0.4, -0.2) is 18.8 Å². The van der Waals surface area contributed by atoms with Crippen molar-refractivity contribution in [1.29, 1.82) is 0 Å². The Bertz CT molecular complexity index is 267. The molecule has 0 amide bonds. The van der Waals surface area contributed by atoms with Crippen molar-refractivity contribution in [2.24, 2.45) is 0 Å². The molecule has 1 aromatic carbocycles. The predicted molar refractivity (Wildman–Crippen MR) is 55.3 cm³/mol. The second-order valence-electron chi connectivity index (χ2n) is 2.73. The van der Waals surface area contributed by atoms with Gasteiger partial charge in [-0.2, -0.15) is 0 Å². The van der Waals surface area contributed by atoms with E-state index in [0.717, 1.165) is 5.56 Å². The lowest BCUT2D eigenvalue weighted by atomic mass is 10.1. The predicted octanol–water partition coefficient (Wildman–Crippen LogP) is 2.25. The maximum Gasteiger partial charge on any atom is 0.0626 e. The minimum absolute atomic E-state index is 0.0210. The van der Waals surface area contributed by atoms with E-state index in [1.54, 1.807) is 25.2 Å². The van der Waals surface area contributed by atoms with Crippen LogP contribution in [0.5, 0.6) is 0 Å². The van der Waals surface area contributed by atoms with Crippen molar-refractivity contribution in [3.63, 3.8) is 0 Å². The van der Waals surface area contributed by atoms with Crippen LogP contribution in [0.15, 0.2) is 18.2 Å². The molecule has 0 fully saturated rings. The van der Waals surface area contributed by atoms with Gasteiger partial charge in [-0.1, -0.05) is 23.2 Å². The molecule has 0 unspecified atom stereocenters. The minimum atomic E-state index is -0.115.